The fourth-order valence-electron chi connectivity index (χ4n) is 3.47. The predicted octanol–water partition coefficient (Wildman–Crippen LogP) is 2.39. The minimum atomic E-state index is -0.677. The lowest BCUT2D eigenvalue weighted by molar-refractivity contribution is -0.384. The Morgan fingerprint density at radius 1 is 1.30 bits per heavy atom. The molecule has 0 saturated heterocycles. The van der Waals surface area contributed by atoms with Crippen molar-refractivity contribution in [2.45, 2.75) is 13.0 Å². The molecule has 0 aliphatic carbocycles. The topological polar surface area (TPSA) is 113 Å². The van der Waals surface area contributed by atoms with E-state index in [1.54, 1.807) is 25.1 Å². The van der Waals surface area contributed by atoms with Gasteiger partial charge in [0, 0.05) is 24.1 Å². The molecule has 0 fully saturated rings. The van der Waals surface area contributed by atoms with Crippen molar-refractivity contribution in [3.05, 3.63) is 93.3 Å². The molecule has 3 heterocycles. The van der Waals surface area contributed by atoms with Gasteiger partial charge in [0.05, 0.1) is 27.3 Å². The Hall–Kier alpha value is -3.41. The highest BCUT2D eigenvalue weighted by Crippen LogP contribution is 2.33. The average molecular weight is 486 g/mol. The van der Waals surface area contributed by atoms with E-state index in [9.17, 15) is 19.7 Å². The van der Waals surface area contributed by atoms with E-state index in [2.05, 4.69) is 4.99 Å². The number of thiophene rings is 1. The Balaban J connectivity index is 1.85. The number of allylic oxidation sites excluding steroid dienone is 1. The third-order valence-electron chi connectivity index (χ3n) is 4.95. The van der Waals surface area contributed by atoms with E-state index in [0.717, 1.165) is 4.88 Å². The van der Waals surface area contributed by atoms with Crippen molar-refractivity contribution >= 4 is 40.4 Å². The molecule has 3 aromatic rings. The van der Waals surface area contributed by atoms with Crippen molar-refractivity contribution in [3.63, 3.8) is 0 Å². The van der Waals surface area contributed by atoms with Gasteiger partial charge in [-0.15, -0.1) is 11.3 Å². The second-order valence-corrected chi connectivity index (χ2v) is 9.07. The Morgan fingerprint density at radius 3 is 2.82 bits per heavy atom. The van der Waals surface area contributed by atoms with Crippen LogP contribution in [-0.2, 0) is 14.3 Å². The zero-order valence-corrected chi connectivity index (χ0v) is 19.4. The number of thiazole rings is 1. The van der Waals surface area contributed by atoms with Crippen molar-refractivity contribution in [1.82, 2.24) is 4.57 Å². The number of nitro groups is 1. The van der Waals surface area contributed by atoms with Crippen molar-refractivity contribution in [1.29, 1.82) is 0 Å². The summed E-state index contributed by atoms with van der Waals surface area (Å²) in [6, 6.07) is 9.07. The molecule has 0 radical (unpaired) electrons. The first-order valence-corrected chi connectivity index (χ1v) is 11.6. The van der Waals surface area contributed by atoms with Gasteiger partial charge < -0.3 is 9.47 Å². The van der Waals surface area contributed by atoms with Gasteiger partial charge in [0.25, 0.3) is 11.2 Å². The normalized spacial score (nSPS) is 15.8. The number of esters is 1. The number of hydrogen-bond acceptors (Lipinski definition) is 9. The zero-order chi connectivity index (χ0) is 23.5. The highest BCUT2D eigenvalue weighted by Gasteiger charge is 2.34. The molecule has 0 N–H and O–H groups in total. The number of nitro benzene ring substituents is 1. The molecule has 170 valence electrons. The van der Waals surface area contributed by atoms with Crippen LogP contribution in [0.1, 0.15) is 23.4 Å². The van der Waals surface area contributed by atoms with Crippen molar-refractivity contribution in [2.24, 2.45) is 4.99 Å². The molecule has 9 nitrogen and oxygen atoms in total. The number of methoxy groups -OCH3 is 1. The van der Waals surface area contributed by atoms with E-state index in [1.807, 2.05) is 17.5 Å². The van der Waals surface area contributed by atoms with Gasteiger partial charge in [-0.05, 0) is 30.0 Å². The zero-order valence-electron chi connectivity index (χ0n) is 17.7. The molecular weight excluding hydrogens is 466 g/mol. The van der Waals surface area contributed by atoms with E-state index in [1.165, 1.54) is 46.5 Å². The molecule has 0 unspecified atom stereocenters. The van der Waals surface area contributed by atoms with E-state index >= 15 is 0 Å². The minimum Gasteiger partial charge on any atom is -0.460 e. The smallest absolute Gasteiger partial charge is 0.338 e. The van der Waals surface area contributed by atoms with Gasteiger partial charge in [-0.2, -0.15) is 0 Å². The third kappa shape index (κ3) is 4.56. The maximum absolute atomic E-state index is 13.4. The molecule has 1 aromatic carbocycles. The fourth-order valence-corrected chi connectivity index (χ4v) is 5.34. The first-order valence-electron chi connectivity index (χ1n) is 9.87. The molecule has 0 saturated carbocycles. The first-order chi connectivity index (χ1) is 15.9. The van der Waals surface area contributed by atoms with Crippen LogP contribution in [0.5, 0.6) is 0 Å². The third-order valence-corrected chi connectivity index (χ3v) is 6.86. The molecule has 0 amide bonds. The summed E-state index contributed by atoms with van der Waals surface area (Å²) >= 11 is 2.59. The lowest BCUT2D eigenvalue weighted by Crippen LogP contribution is -2.39. The molecular formula is C22H19N3O6S2. The summed E-state index contributed by atoms with van der Waals surface area (Å²) in [5.41, 5.74) is 0.891. The van der Waals surface area contributed by atoms with Gasteiger partial charge >= 0.3 is 5.97 Å². The number of nitrogens with zero attached hydrogens (tertiary/aromatic N) is 3. The number of non-ortho nitro benzene ring substituents is 1. The molecule has 11 heteroatoms. The van der Waals surface area contributed by atoms with E-state index < -0.39 is 16.9 Å². The molecule has 4 rings (SSSR count). The number of hydrogen-bond donors (Lipinski definition) is 0. The highest BCUT2D eigenvalue weighted by atomic mass is 32.1. The molecule has 1 atom stereocenters. The van der Waals surface area contributed by atoms with E-state index in [-0.39, 0.29) is 24.5 Å². The number of benzene rings is 1. The van der Waals surface area contributed by atoms with Crippen molar-refractivity contribution < 1.29 is 19.2 Å². The Bertz CT molecular complexity index is 1420. The predicted molar refractivity (Wildman–Crippen MR) is 124 cm³/mol. The maximum atomic E-state index is 13.4. The Kier molecular flexibility index (Phi) is 6.63. The van der Waals surface area contributed by atoms with Crippen LogP contribution in [0, 0.1) is 10.1 Å². The molecule has 2 aromatic heterocycles. The molecule has 33 heavy (non-hydrogen) atoms. The quantitative estimate of drug-likeness (QED) is 0.220. The Labute approximate surface area is 195 Å². The number of ether oxygens (including phenoxy) is 2. The molecule has 1 aliphatic heterocycles. The van der Waals surface area contributed by atoms with Crippen molar-refractivity contribution in [3.8, 4) is 0 Å². The summed E-state index contributed by atoms with van der Waals surface area (Å²) in [4.78, 5) is 42.7. The molecule has 1 aliphatic rings. The van der Waals surface area contributed by atoms with Crippen LogP contribution in [0.25, 0.3) is 6.08 Å². The maximum Gasteiger partial charge on any atom is 0.338 e. The molecule has 0 spiro atoms. The lowest BCUT2D eigenvalue weighted by atomic mass is 10.0. The van der Waals surface area contributed by atoms with Gasteiger partial charge in [-0.1, -0.05) is 29.5 Å². The van der Waals surface area contributed by atoms with E-state index in [4.69, 9.17) is 9.47 Å². The van der Waals surface area contributed by atoms with Gasteiger partial charge in [0.1, 0.15) is 12.6 Å². The Morgan fingerprint density at radius 2 is 2.12 bits per heavy atom. The monoisotopic (exact) mass is 485 g/mol. The number of fused-ring (bicyclic) bond motifs is 1. The SMILES string of the molecule is COCCOC(=O)C1=C(C)N=c2s/c(=C\c3cccc([N+](=O)[O-])c3)c(=O)n2[C@H]1c1cccs1. The highest BCUT2D eigenvalue weighted by molar-refractivity contribution is 7.10. The summed E-state index contributed by atoms with van der Waals surface area (Å²) in [6.45, 7) is 2.05. The lowest BCUT2D eigenvalue weighted by Gasteiger charge is -2.23. The standard InChI is InChI=1S/C22H19N3O6S2/c1-13-18(21(27)31-9-8-30-2)19(16-7-4-10-32-16)24-20(26)17(33-22(24)23-13)12-14-5-3-6-15(11-14)25(28)29/h3-7,10-12,19H,8-9H2,1-2H3/b17-12-/t19-/m0/s1. The van der Waals surface area contributed by atoms with Gasteiger partial charge in [-0.3, -0.25) is 19.5 Å². The summed E-state index contributed by atoms with van der Waals surface area (Å²) in [7, 11) is 1.51. The first kappa shape index (κ1) is 22.8. The minimum absolute atomic E-state index is 0.0649. The van der Waals surface area contributed by atoms with Crippen LogP contribution in [-0.4, -0.2) is 35.8 Å². The summed E-state index contributed by atoms with van der Waals surface area (Å²) in [5.74, 6) is -0.556. The van der Waals surface area contributed by atoms with E-state index in [0.29, 0.717) is 26.2 Å². The van der Waals surface area contributed by atoms with Crippen molar-refractivity contribution in [2.75, 3.05) is 20.3 Å². The van der Waals surface area contributed by atoms with Gasteiger partial charge in [-0.25, -0.2) is 9.79 Å². The van der Waals surface area contributed by atoms with Crippen LogP contribution in [0.3, 0.4) is 0 Å². The molecule has 0 bridgehead atoms. The number of carbonyl (C=O) groups excluding carboxylic acids is 1. The number of aromatic nitrogens is 1. The largest absolute Gasteiger partial charge is 0.460 e. The summed E-state index contributed by atoms with van der Waals surface area (Å²) < 4.78 is 12.1. The summed E-state index contributed by atoms with van der Waals surface area (Å²) in [6.07, 6.45) is 1.60. The summed E-state index contributed by atoms with van der Waals surface area (Å²) in [5, 5.41) is 13.0. The van der Waals surface area contributed by atoms with Gasteiger partial charge in [0.15, 0.2) is 4.80 Å². The van der Waals surface area contributed by atoms with Crippen LogP contribution >= 0.6 is 22.7 Å². The van der Waals surface area contributed by atoms with Crippen LogP contribution in [0.15, 0.2) is 62.8 Å². The van der Waals surface area contributed by atoms with Crippen LogP contribution in [0.2, 0.25) is 0 Å². The van der Waals surface area contributed by atoms with Crippen LogP contribution in [0.4, 0.5) is 5.69 Å². The second-order valence-electron chi connectivity index (χ2n) is 7.08. The number of rotatable bonds is 7. The van der Waals surface area contributed by atoms with Gasteiger partial charge in [0.2, 0.25) is 0 Å². The average Bonchev–Trinajstić information content (AvgIpc) is 3.42. The van der Waals surface area contributed by atoms with Crippen LogP contribution < -0.4 is 14.9 Å². The fraction of sp³-hybridized carbons (Fsp3) is 0.227. The second kappa shape index (κ2) is 9.61. The number of carbonyl (C=O) groups is 1.